The molecule has 0 spiro atoms. The summed E-state index contributed by atoms with van der Waals surface area (Å²) in [5.74, 6) is -0.694. The summed E-state index contributed by atoms with van der Waals surface area (Å²) in [6.45, 7) is 0.287. The molecule has 0 unspecified atom stereocenters. The highest BCUT2D eigenvalue weighted by molar-refractivity contribution is 5.68. The van der Waals surface area contributed by atoms with Crippen molar-refractivity contribution in [3.8, 4) is 22.5 Å². The third kappa shape index (κ3) is 4.03. The molecular weight excluding hydrogens is 376 g/mol. The molecule has 0 N–H and O–H groups in total. The summed E-state index contributed by atoms with van der Waals surface area (Å²) in [6, 6.07) is 20.1. The fraction of sp³-hybridized carbons (Fsp3) is 0.0455. The molecule has 4 rings (SSSR count). The van der Waals surface area contributed by atoms with Crippen molar-refractivity contribution < 1.29 is 13.7 Å². The van der Waals surface area contributed by atoms with Crippen molar-refractivity contribution in [1.82, 2.24) is 9.78 Å². The van der Waals surface area contributed by atoms with Gasteiger partial charge in [0.15, 0.2) is 0 Å². The molecule has 0 aliphatic carbocycles. The summed E-state index contributed by atoms with van der Waals surface area (Å²) in [6.07, 6.45) is 0. The first-order chi connectivity index (χ1) is 14.0. The number of nitro groups is 1. The Balaban J connectivity index is 1.78. The maximum absolute atomic E-state index is 13.4. The van der Waals surface area contributed by atoms with Gasteiger partial charge in [-0.1, -0.05) is 12.1 Å². The van der Waals surface area contributed by atoms with Gasteiger partial charge < -0.3 is 0 Å². The molecule has 0 bridgehead atoms. The van der Waals surface area contributed by atoms with E-state index in [-0.39, 0.29) is 23.9 Å². The van der Waals surface area contributed by atoms with Crippen LogP contribution in [0, 0.1) is 21.7 Å². The first kappa shape index (κ1) is 18.5. The van der Waals surface area contributed by atoms with Crippen LogP contribution in [0.2, 0.25) is 0 Å². The predicted molar refractivity (Wildman–Crippen MR) is 105 cm³/mol. The number of nitro benzene ring substituents is 1. The van der Waals surface area contributed by atoms with Crippen LogP contribution in [-0.2, 0) is 6.54 Å². The number of nitrogens with zero attached hydrogens (tertiary/aromatic N) is 3. The molecule has 0 saturated heterocycles. The number of rotatable bonds is 5. The molecule has 29 heavy (non-hydrogen) atoms. The van der Waals surface area contributed by atoms with Crippen molar-refractivity contribution in [1.29, 1.82) is 0 Å². The molecule has 4 aromatic rings. The van der Waals surface area contributed by atoms with Gasteiger partial charge in [0.05, 0.1) is 22.9 Å². The Hall–Kier alpha value is -3.87. The maximum Gasteiger partial charge on any atom is 0.269 e. The number of non-ortho nitro benzene ring substituents is 1. The molecular formula is C22H15F2N3O2. The van der Waals surface area contributed by atoms with Crippen molar-refractivity contribution in [2.24, 2.45) is 0 Å². The van der Waals surface area contributed by atoms with Gasteiger partial charge in [-0.25, -0.2) is 8.78 Å². The van der Waals surface area contributed by atoms with E-state index in [9.17, 15) is 18.9 Å². The molecule has 1 aromatic heterocycles. The van der Waals surface area contributed by atoms with Gasteiger partial charge in [0.1, 0.15) is 11.6 Å². The van der Waals surface area contributed by atoms with Crippen LogP contribution in [0.1, 0.15) is 5.56 Å². The molecule has 0 amide bonds. The monoisotopic (exact) mass is 391 g/mol. The van der Waals surface area contributed by atoms with Crippen LogP contribution in [-0.4, -0.2) is 14.7 Å². The van der Waals surface area contributed by atoms with Crippen molar-refractivity contribution in [3.05, 3.63) is 106 Å². The largest absolute Gasteiger partial charge is 0.269 e. The summed E-state index contributed by atoms with van der Waals surface area (Å²) >= 11 is 0. The minimum absolute atomic E-state index is 0.00301. The number of benzene rings is 3. The Morgan fingerprint density at radius 3 is 2.10 bits per heavy atom. The molecule has 0 saturated carbocycles. The molecule has 0 fully saturated rings. The van der Waals surface area contributed by atoms with E-state index in [2.05, 4.69) is 5.10 Å². The second-order valence-electron chi connectivity index (χ2n) is 6.51. The zero-order valence-electron chi connectivity index (χ0n) is 15.1. The van der Waals surface area contributed by atoms with Gasteiger partial charge in [-0.3, -0.25) is 14.8 Å². The lowest BCUT2D eigenvalue weighted by Crippen LogP contribution is -2.04. The van der Waals surface area contributed by atoms with Crippen LogP contribution in [0.3, 0.4) is 0 Å². The van der Waals surface area contributed by atoms with E-state index in [1.54, 1.807) is 41.1 Å². The van der Waals surface area contributed by atoms with Crippen LogP contribution in [0.5, 0.6) is 0 Å². The first-order valence-corrected chi connectivity index (χ1v) is 8.83. The number of halogens is 2. The number of aromatic nitrogens is 2. The highest BCUT2D eigenvalue weighted by Gasteiger charge is 2.14. The SMILES string of the molecule is O=[N+]([O-])c1cccc(Cn2nc(-c3ccc(F)cc3)cc2-c2ccc(F)cc2)c1. The van der Waals surface area contributed by atoms with Gasteiger partial charge in [-0.2, -0.15) is 5.10 Å². The Kier molecular flexibility index (Phi) is 4.87. The van der Waals surface area contributed by atoms with Gasteiger partial charge in [-0.05, 0) is 60.2 Å². The molecule has 3 aromatic carbocycles. The van der Waals surface area contributed by atoms with E-state index in [0.29, 0.717) is 11.3 Å². The summed E-state index contributed by atoms with van der Waals surface area (Å²) in [4.78, 5) is 10.6. The van der Waals surface area contributed by atoms with Gasteiger partial charge in [-0.15, -0.1) is 0 Å². The topological polar surface area (TPSA) is 61.0 Å². The fourth-order valence-electron chi connectivity index (χ4n) is 3.09. The molecule has 0 atom stereocenters. The molecule has 5 nitrogen and oxygen atoms in total. The predicted octanol–water partition coefficient (Wildman–Crippen LogP) is 5.45. The lowest BCUT2D eigenvalue weighted by Gasteiger charge is -2.08. The average Bonchev–Trinajstić information content (AvgIpc) is 3.13. The quantitative estimate of drug-likeness (QED) is 0.336. The zero-order valence-corrected chi connectivity index (χ0v) is 15.1. The molecule has 7 heteroatoms. The van der Waals surface area contributed by atoms with Crippen molar-refractivity contribution in [2.75, 3.05) is 0 Å². The van der Waals surface area contributed by atoms with E-state index in [1.807, 2.05) is 6.07 Å². The maximum atomic E-state index is 13.4. The molecule has 0 aliphatic heterocycles. The second kappa shape index (κ2) is 7.63. The first-order valence-electron chi connectivity index (χ1n) is 8.83. The standard InChI is InChI=1S/C22H15F2N3O2/c23-18-8-4-16(5-9-18)21-13-22(17-6-10-19(24)11-7-17)26(25-21)14-15-2-1-3-20(12-15)27(28)29/h1-13H,14H2. The van der Waals surface area contributed by atoms with E-state index in [0.717, 1.165) is 16.8 Å². The van der Waals surface area contributed by atoms with Crippen LogP contribution in [0.4, 0.5) is 14.5 Å². The smallest absolute Gasteiger partial charge is 0.260 e. The summed E-state index contributed by atoms with van der Waals surface area (Å²) < 4.78 is 28.3. The van der Waals surface area contributed by atoms with Crippen molar-refractivity contribution in [2.45, 2.75) is 6.54 Å². The van der Waals surface area contributed by atoms with E-state index < -0.39 is 4.92 Å². The number of hydrogen-bond acceptors (Lipinski definition) is 3. The molecule has 0 radical (unpaired) electrons. The normalized spacial score (nSPS) is 10.8. The van der Waals surface area contributed by atoms with Gasteiger partial charge >= 0.3 is 0 Å². The van der Waals surface area contributed by atoms with Crippen molar-refractivity contribution >= 4 is 5.69 Å². The summed E-state index contributed by atoms with van der Waals surface area (Å²) in [5, 5.41) is 15.7. The Labute approximate surface area is 165 Å². The van der Waals surface area contributed by atoms with Gasteiger partial charge in [0.25, 0.3) is 5.69 Å². The minimum atomic E-state index is -0.447. The van der Waals surface area contributed by atoms with Crippen molar-refractivity contribution in [3.63, 3.8) is 0 Å². The van der Waals surface area contributed by atoms with Crippen LogP contribution in [0.25, 0.3) is 22.5 Å². The summed E-state index contributed by atoms with van der Waals surface area (Å²) in [5.41, 5.74) is 3.52. The average molecular weight is 391 g/mol. The molecule has 1 heterocycles. The molecule has 144 valence electrons. The zero-order chi connectivity index (χ0) is 20.4. The second-order valence-corrected chi connectivity index (χ2v) is 6.51. The Bertz CT molecular complexity index is 1170. The van der Waals surface area contributed by atoms with Gasteiger partial charge in [0, 0.05) is 23.3 Å². The third-order valence-electron chi connectivity index (χ3n) is 4.51. The summed E-state index contributed by atoms with van der Waals surface area (Å²) in [7, 11) is 0. The van der Waals surface area contributed by atoms with E-state index in [4.69, 9.17) is 0 Å². The fourth-order valence-corrected chi connectivity index (χ4v) is 3.09. The van der Waals surface area contributed by atoms with Crippen LogP contribution < -0.4 is 0 Å². The van der Waals surface area contributed by atoms with E-state index >= 15 is 0 Å². The highest BCUT2D eigenvalue weighted by Crippen LogP contribution is 2.28. The van der Waals surface area contributed by atoms with Crippen LogP contribution in [0.15, 0.2) is 78.9 Å². The minimum Gasteiger partial charge on any atom is -0.260 e. The lowest BCUT2D eigenvalue weighted by molar-refractivity contribution is -0.384. The Morgan fingerprint density at radius 1 is 0.862 bits per heavy atom. The Morgan fingerprint density at radius 2 is 1.48 bits per heavy atom. The highest BCUT2D eigenvalue weighted by atomic mass is 19.1. The van der Waals surface area contributed by atoms with E-state index in [1.165, 1.54) is 36.4 Å². The van der Waals surface area contributed by atoms with Crippen LogP contribution >= 0.6 is 0 Å². The van der Waals surface area contributed by atoms with Gasteiger partial charge in [0.2, 0.25) is 0 Å². The number of hydrogen-bond donors (Lipinski definition) is 0. The lowest BCUT2D eigenvalue weighted by atomic mass is 10.1. The third-order valence-corrected chi connectivity index (χ3v) is 4.51. The molecule has 0 aliphatic rings.